The highest BCUT2D eigenvalue weighted by molar-refractivity contribution is 4.86. The Morgan fingerprint density at radius 1 is 1.25 bits per heavy atom. The van der Waals surface area contributed by atoms with Crippen LogP contribution in [-0.2, 0) is 0 Å². The summed E-state index contributed by atoms with van der Waals surface area (Å²) in [5.41, 5.74) is 6.05. The molecule has 0 heterocycles. The highest BCUT2D eigenvalue weighted by atomic mass is 16.3. The molecule has 0 amide bonds. The van der Waals surface area contributed by atoms with Gasteiger partial charge in [-0.2, -0.15) is 0 Å². The third-order valence-electron chi connectivity index (χ3n) is 3.09. The Labute approximate surface area is 75.2 Å². The van der Waals surface area contributed by atoms with Gasteiger partial charge in [0.05, 0.1) is 6.10 Å². The number of aliphatic hydroxyl groups is 1. The Morgan fingerprint density at radius 3 is 2.25 bits per heavy atom. The molecule has 12 heavy (non-hydrogen) atoms. The predicted octanol–water partition coefficient (Wildman–Crippen LogP) is 1.52. The van der Waals surface area contributed by atoms with Gasteiger partial charge in [-0.15, -0.1) is 0 Å². The van der Waals surface area contributed by atoms with Crippen molar-refractivity contribution >= 4 is 0 Å². The number of hydrogen-bond donors (Lipinski definition) is 2. The Kier molecular flexibility index (Phi) is 2.79. The second kappa shape index (κ2) is 3.35. The Balaban J connectivity index is 2.51. The van der Waals surface area contributed by atoms with Crippen LogP contribution < -0.4 is 5.73 Å². The van der Waals surface area contributed by atoms with Gasteiger partial charge < -0.3 is 10.8 Å². The van der Waals surface area contributed by atoms with Crippen molar-refractivity contribution in [1.82, 2.24) is 0 Å². The summed E-state index contributed by atoms with van der Waals surface area (Å²) >= 11 is 0. The molecule has 0 aromatic rings. The molecular formula is C10H21NO. The molecule has 1 aliphatic rings. The zero-order valence-electron chi connectivity index (χ0n) is 8.38. The van der Waals surface area contributed by atoms with E-state index in [4.69, 9.17) is 5.73 Å². The van der Waals surface area contributed by atoms with Crippen molar-refractivity contribution in [2.45, 2.75) is 52.2 Å². The first-order valence-corrected chi connectivity index (χ1v) is 4.85. The van der Waals surface area contributed by atoms with Crippen LogP contribution in [-0.4, -0.2) is 17.3 Å². The maximum atomic E-state index is 9.59. The molecule has 1 aliphatic carbocycles. The van der Waals surface area contributed by atoms with Crippen LogP contribution in [0.15, 0.2) is 0 Å². The first-order valence-electron chi connectivity index (χ1n) is 4.85. The van der Waals surface area contributed by atoms with Gasteiger partial charge in [-0.3, -0.25) is 0 Å². The van der Waals surface area contributed by atoms with E-state index in [1.54, 1.807) is 0 Å². The largest absolute Gasteiger partial charge is 0.392 e. The van der Waals surface area contributed by atoms with Crippen LogP contribution in [0.2, 0.25) is 0 Å². The first kappa shape index (κ1) is 10.0. The fourth-order valence-corrected chi connectivity index (χ4v) is 1.96. The standard InChI is InChI=1S/C10H21NO/c1-10(2,3)7-4-5-8(11)9(12)6-7/h7-9,12H,4-6,11H2,1-3H3. The summed E-state index contributed by atoms with van der Waals surface area (Å²) < 4.78 is 0. The fourth-order valence-electron chi connectivity index (χ4n) is 1.96. The van der Waals surface area contributed by atoms with Crippen LogP contribution in [0.25, 0.3) is 0 Å². The molecule has 0 spiro atoms. The summed E-state index contributed by atoms with van der Waals surface area (Å²) in [6.07, 6.45) is 2.75. The van der Waals surface area contributed by atoms with E-state index in [0.717, 1.165) is 12.8 Å². The second-order valence-electron chi connectivity index (χ2n) is 5.11. The van der Waals surface area contributed by atoms with Crippen LogP contribution in [0, 0.1) is 11.3 Å². The highest BCUT2D eigenvalue weighted by Gasteiger charge is 2.33. The van der Waals surface area contributed by atoms with Crippen molar-refractivity contribution in [2.75, 3.05) is 0 Å². The summed E-state index contributed by atoms with van der Waals surface area (Å²) in [5, 5.41) is 9.59. The molecule has 0 aromatic carbocycles. The number of aliphatic hydroxyl groups excluding tert-OH is 1. The topological polar surface area (TPSA) is 46.2 Å². The molecule has 3 N–H and O–H groups in total. The van der Waals surface area contributed by atoms with Gasteiger partial charge in [0.25, 0.3) is 0 Å². The summed E-state index contributed by atoms with van der Waals surface area (Å²) in [7, 11) is 0. The molecule has 0 bridgehead atoms. The van der Waals surface area contributed by atoms with E-state index in [2.05, 4.69) is 20.8 Å². The van der Waals surface area contributed by atoms with E-state index < -0.39 is 0 Å². The summed E-state index contributed by atoms with van der Waals surface area (Å²) in [6, 6.07) is 0.0172. The predicted molar refractivity (Wildman–Crippen MR) is 50.8 cm³/mol. The lowest BCUT2D eigenvalue weighted by atomic mass is 9.70. The van der Waals surface area contributed by atoms with E-state index in [-0.39, 0.29) is 12.1 Å². The smallest absolute Gasteiger partial charge is 0.0693 e. The van der Waals surface area contributed by atoms with Crippen LogP contribution in [0.1, 0.15) is 40.0 Å². The van der Waals surface area contributed by atoms with Crippen LogP contribution in [0.4, 0.5) is 0 Å². The van der Waals surface area contributed by atoms with Crippen LogP contribution >= 0.6 is 0 Å². The zero-order valence-corrected chi connectivity index (χ0v) is 8.38. The van der Waals surface area contributed by atoms with Crippen molar-refractivity contribution in [2.24, 2.45) is 17.1 Å². The normalized spacial score (nSPS) is 38.2. The van der Waals surface area contributed by atoms with Crippen molar-refractivity contribution in [1.29, 1.82) is 0 Å². The molecular weight excluding hydrogens is 150 g/mol. The monoisotopic (exact) mass is 171 g/mol. The van der Waals surface area contributed by atoms with Crippen molar-refractivity contribution < 1.29 is 5.11 Å². The fraction of sp³-hybridized carbons (Fsp3) is 1.00. The van der Waals surface area contributed by atoms with Gasteiger partial charge in [-0.1, -0.05) is 20.8 Å². The molecule has 3 atom stereocenters. The van der Waals surface area contributed by atoms with Gasteiger partial charge in [-0.25, -0.2) is 0 Å². The Morgan fingerprint density at radius 2 is 1.83 bits per heavy atom. The van der Waals surface area contributed by atoms with Gasteiger partial charge in [0.1, 0.15) is 0 Å². The lowest BCUT2D eigenvalue weighted by molar-refractivity contribution is 0.0430. The lowest BCUT2D eigenvalue weighted by Gasteiger charge is -2.38. The van der Waals surface area contributed by atoms with E-state index in [9.17, 15) is 5.11 Å². The molecule has 72 valence electrons. The van der Waals surface area contributed by atoms with Crippen molar-refractivity contribution in [3.05, 3.63) is 0 Å². The van der Waals surface area contributed by atoms with Gasteiger partial charge in [0, 0.05) is 6.04 Å². The lowest BCUT2D eigenvalue weighted by Crippen LogP contribution is -2.42. The van der Waals surface area contributed by atoms with E-state index in [1.165, 1.54) is 6.42 Å². The van der Waals surface area contributed by atoms with E-state index >= 15 is 0 Å². The summed E-state index contributed by atoms with van der Waals surface area (Å²) in [6.45, 7) is 6.71. The van der Waals surface area contributed by atoms with E-state index in [1.807, 2.05) is 0 Å². The molecule has 0 aliphatic heterocycles. The molecule has 1 rings (SSSR count). The second-order valence-corrected chi connectivity index (χ2v) is 5.11. The zero-order chi connectivity index (χ0) is 9.35. The molecule has 2 nitrogen and oxygen atoms in total. The van der Waals surface area contributed by atoms with Gasteiger partial charge >= 0.3 is 0 Å². The van der Waals surface area contributed by atoms with Crippen molar-refractivity contribution in [3.63, 3.8) is 0 Å². The molecule has 3 unspecified atom stereocenters. The molecule has 0 saturated heterocycles. The quantitative estimate of drug-likeness (QED) is 0.580. The molecule has 2 heteroatoms. The summed E-state index contributed by atoms with van der Waals surface area (Å²) in [4.78, 5) is 0. The minimum atomic E-state index is -0.275. The average molecular weight is 171 g/mol. The number of hydrogen-bond acceptors (Lipinski definition) is 2. The van der Waals surface area contributed by atoms with Gasteiger partial charge in [0.2, 0.25) is 0 Å². The Bertz CT molecular complexity index is 150. The molecule has 1 fully saturated rings. The maximum absolute atomic E-state index is 9.59. The van der Waals surface area contributed by atoms with Crippen LogP contribution in [0.3, 0.4) is 0 Å². The minimum Gasteiger partial charge on any atom is -0.392 e. The third kappa shape index (κ3) is 2.20. The maximum Gasteiger partial charge on any atom is 0.0693 e. The molecule has 1 saturated carbocycles. The van der Waals surface area contributed by atoms with Crippen molar-refractivity contribution in [3.8, 4) is 0 Å². The first-order chi connectivity index (χ1) is 5.41. The molecule has 0 aromatic heterocycles. The average Bonchev–Trinajstić information content (AvgIpc) is 1.92. The highest BCUT2D eigenvalue weighted by Crippen LogP contribution is 2.37. The summed E-state index contributed by atoms with van der Waals surface area (Å²) in [5.74, 6) is 0.632. The number of nitrogens with two attached hydrogens (primary N) is 1. The minimum absolute atomic E-state index is 0.0172. The number of rotatable bonds is 0. The van der Waals surface area contributed by atoms with E-state index in [0.29, 0.717) is 11.3 Å². The van der Waals surface area contributed by atoms with Gasteiger partial charge in [-0.05, 0) is 30.6 Å². The molecule has 0 radical (unpaired) electrons. The van der Waals surface area contributed by atoms with Gasteiger partial charge in [0.15, 0.2) is 0 Å². The SMILES string of the molecule is CC(C)(C)C1CCC(N)C(O)C1. The Hall–Kier alpha value is -0.0800. The third-order valence-corrected chi connectivity index (χ3v) is 3.09. The van der Waals surface area contributed by atoms with Crippen LogP contribution in [0.5, 0.6) is 0 Å².